The Morgan fingerprint density at radius 3 is 2.48 bits per heavy atom. The van der Waals surface area contributed by atoms with Gasteiger partial charge in [-0.05, 0) is 39.7 Å². The first-order valence-corrected chi connectivity index (χ1v) is 11.2. The molecule has 1 atom stereocenters. The van der Waals surface area contributed by atoms with Gasteiger partial charge in [0.25, 0.3) is 0 Å². The van der Waals surface area contributed by atoms with Gasteiger partial charge in [0.15, 0.2) is 5.96 Å². The second-order valence-electron chi connectivity index (χ2n) is 7.16. The van der Waals surface area contributed by atoms with Gasteiger partial charge in [-0.25, -0.2) is 13.1 Å². The van der Waals surface area contributed by atoms with E-state index in [0.29, 0.717) is 25.7 Å². The van der Waals surface area contributed by atoms with Gasteiger partial charge in [0.1, 0.15) is 0 Å². The first kappa shape index (κ1) is 23.4. The molecule has 0 bridgehead atoms. The lowest BCUT2D eigenvalue weighted by Gasteiger charge is -2.23. The third-order valence-corrected chi connectivity index (χ3v) is 4.61. The normalized spacial score (nSPS) is 14.0. The van der Waals surface area contributed by atoms with E-state index in [0.717, 1.165) is 19.2 Å². The van der Waals surface area contributed by atoms with Crippen LogP contribution in [0.25, 0.3) is 0 Å². The number of nitrogens with one attached hydrogen (secondary N) is 3. The predicted molar refractivity (Wildman–Crippen MR) is 111 cm³/mol. The Bertz CT molecular complexity index is 675. The zero-order valence-corrected chi connectivity index (χ0v) is 17.9. The SMILES string of the molecule is CCNC(=NCC(C)(C)NS(C)(=O)=O)NCCCOC(C)c1ccccc1. The minimum atomic E-state index is -3.27. The lowest BCUT2D eigenvalue weighted by atomic mass is 10.1. The Morgan fingerprint density at radius 2 is 1.89 bits per heavy atom. The monoisotopic (exact) mass is 398 g/mol. The Morgan fingerprint density at radius 1 is 1.22 bits per heavy atom. The highest BCUT2D eigenvalue weighted by atomic mass is 32.2. The van der Waals surface area contributed by atoms with Crippen LogP contribution < -0.4 is 15.4 Å². The van der Waals surface area contributed by atoms with Crippen molar-refractivity contribution >= 4 is 16.0 Å². The van der Waals surface area contributed by atoms with Crippen molar-refractivity contribution in [2.75, 3.05) is 32.5 Å². The third kappa shape index (κ3) is 10.9. The van der Waals surface area contributed by atoms with Crippen molar-refractivity contribution in [1.82, 2.24) is 15.4 Å². The van der Waals surface area contributed by atoms with Gasteiger partial charge in [-0.3, -0.25) is 4.99 Å². The molecule has 0 heterocycles. The molecule has 3 N–H and O–H groups in total. The van der Waals surface area contributed by atoms with Crippen LogP contribution >= 0.6 is 0 Å². The minimum Gasteiger partial charge on any atom is -0.374 e. The third-order valence-electron chi connectivity index (χ3n) is 3.69. The van der Waals surface area contributed by atoms with E-state index >= 15 is 0 Å². The lowest BCUT2D eigenvalue weighted by molar-refractivity contribution is 0.0646. The predicted octanol–water partition coefficient (Wildman–Crippen LogP) is 2.04. The highest BCUT2D eigenvalue weighted by Gasteiger charge is 2.21. The summed E-state index contributed by atoms with van der Waals surface area (Å²) < 4.78 is 31.3. The van der Waals surface area contributed by atoms with Gasteiger partial charge < -0.3 is 15.4 Å². The van der Waals surface area contributed by atoms with Crippen LogP contribution in [-0.2, 0) is 14.8 Å². The van der Waals surface area contributed by atoms with E-state index in [-0.39, 0.29) is 6.10 Å². The van der Waals surface area contributed by atoms with E-state index in [1.165, 1.54) is 5.56 Å². The van der Waals surface area contributed by atoms with Crippen LogP contribution in [0.4, 0.5) is 0 Å². The number of hydrogen-bond donors (Lipinski definition) is 3. The molecule has 0 aliphatic rings. The average Bonchev–Trinajstić information content (AvgIpc) is 2.58. The topological polar surface area (TPSA) is 91.8 Å². The fourth-order valence-corrected chi connectivity index (χ4v) is 3.58. The number of rotatable bonds is 11. The van der Waals surface area contributed by atoms with Gasteiger partial charge in [-0.2, -0.15) is 0 Å². The zero-order valence-electron chi connectivity index (χ0n) is 17.1. The molecular formula is C19H34N4O3S. The molecule has 154 valence electrons. The maximum atomic E-state index is 11.4. The molecule has 0 aromatic heterocycles. The van der Waals surface area contributed by atoms with Gasteiger partial charge >= 0.3 is 0 Å². The molecule has 8 heteroatoms. The van der Waals surface area contributed by atoms with Gasteiger partial charge in [0, 0.05) is 25.2 Å². The smallest absolute Gasteiger partial charge is 0.209 e. The summed E-state index contributed by atoms with van der Waals surface area (Å²) >= 11 is 0. The highest BCUT2D eigenvalue weighted by molar-refractivity contribution is 7.88. The Kier molecular flexibility index (Phi) is 9.76. The molecule has 7 nitrogen and oxygen atoms in total. The van der Waals surface area contributed by atoms with Crippen LogP contribution in [0.3, 0.4) is 0 Å². The van der Waals surface area contributed by atoms with Crippen LogP contribution in [-0.4, -0.2) is 52.4 Å². The van der Waals surface area contributed by atoms with Crippen LogP contribution in [0.5, 0.6) is 0 Å². The largest absolute Gasteiger partial charge is 0.374 e. The standard InChI is InChI=1S/C19H34N4O3S/c1-6-20-18(22-15-19(3,4)23-27(5,24)25)21-13-10-14-26-16(2)17-11-8-7-9-12-17/h7-9,11-12,16,23H,6,10,13-15H2,1-5H3,(H2,20,21,22). The maximum absolute atomic E-state index is 11.4. The number of nitrogens with zero attached hydrogens (tertiary/aromatic N) is 1. The quantitative estimate of drug-likeness (QED) is 0.301. The second kappa shape index (κ2) is 11.3. The van der Waals surface area contributed by atoms with E-state index in [2.05, 4.69) is 32.5 Å². The number of ether oxygens (including phenoxy) is 1. The minimum absolute atomic E-state index is 0.0657. The number of guanidine groups is 1. The number of benzene rings is 1. The van der Waals surface area contributed by atoms with Crippen LogP contribution in [0.2, 0.25) is 0 Å². The van der Waals surface area contributed by atoms with E-state index in [1.54, 1.807) is 13.8 Å². The molecule has 0 amide bonds. The van der Waals surface area contributed by atoms with Crippen molar-refractivity contribution < 1.29 is 13.2 Å². The zero-order chi connectivity index (χ0) is 20.3. The van der Waals surface area contributed by atoms with E-state index in [1.807, 2.05) is 32.0 Å². The van der Waals surface area contributed by atoms with Crippen molar-refractivity contribution in [1.29, 1.82) is 0 Å². The van der Waals surface area contributed by atoms with Crippen molar-refractivity contribution in [3.05, 3.63) is 35.9 Å². The molecule has 1 unspecified atom stereocenters. The summed E-state index contributed by atoms with van der Waals surface area (Å²) in [5.41, 5.74) is 0.519. The molecule has 0 fully saturated rings. The van der Waals surface area contributed by atoms with Crippen LogP contribution in [0.1, 0.15) is 45.8 Å². The molecule has 0 aliphatic heterocycles. The fourth-order valence-electron chi connectivity index (χ4n) is 2.51. The summed E-state index contributed by atoms with van der Waals surface area (Å²) in [7, 11) is -3.27. The molecule has 0 aliphatic carbocycles. The first-order valence-electron chi connectivity index (χ1n) is 9.30. The van der Waals surface area contributed by atoms with Crippen molar-refractivity contribution in [3.63, 3.8) is 0 Å². The molecule has 0 spiro atoms. The Hall–Kier alpha value is -1.64. The molecule has 1 aromatic carbocycles. The van der Waals surface area contributed by atoms with E-state index < -0.39 is 15.6 Å². The van der Waals surface area contributed by atoms with Crippen molar-refractivity contribution in [2.45, 2.75) is 45.8 Å². The summed E-state index contributed by atoms with van der Waals surface area (Å²) in [5.74, 6) is 0.664. The van der Waals surface area contributed by atoms with Crippen molar-refractivity contribution in [2.24, 2.45) is 4.99 Å². The number of aliphatic imine (C=N–C) groups is 1. The molecule has 0 saturated carbocycles. The number of sulfonamides is 1. The first-order chi connectivity index (χ1) is 12.6. The molecular weight excluding hydrogens is 364 g/mol. The van der Waals surface area contributed by atoms with Crippen LogP contribution in [0.15, 0.2) is 35.3 Å². The molecule has 1 rings (SSSR count). The fraction of sp³-hybridized carbons (Fsp3) is 0.632. The summed E-state index contributed by atoms with van der Waals surface area (Å²) in [6.07, 6.45) is 2.06. The average molecular weight is 399 g/mol. The summed E-state index contributed by atoms with van der Waals surface area (Å²) in [4.78, 5) is 4.48. The molecule has 0 saturated heterocycles. The lowest BCUT2D eigenvalue weighted by Crippen LogP contribution is -2.46. The maximum Gasteiger partial charge on any atom is 0.209 e. The van der Waals surface area contributed by atoms with Crippen molar-refractivity contribution in [3.8, 4) is 0 Å². The Labute approximate surface area is 164 Å². The Balaban J connectivity index is 2.39. The second-order valence-corrected chi connectivity index (χ2v) is 8.91. The molecule has 0 radical (unpaired) electrons. The summed E-state index contributed by atoms with van der Waals surface area (Å²) in [5, 5.41) is 6.42. The number of hydrogen-bond acceptors (Lipinski definition) is 4. The van der Waals surface area contributed by atoms with Gasteiger partial charge in [-0.1, -0.05) is 30.3 Å². The molecule has 1 aromatic rings. The molecule has 27 heavy (non-hydrogen) atoms. The summed E-state index contributed by atoms with van der Waals surface area (Å²) in [6, 6.07) is 10.1. The highest BCUT2D eigenvalue weighted by Crippen LogP contribution is 2.15. The van der Waals surface area contributed by atoms with Gasteiger partial charge in [-0.15, -0.1) is 0 Å². The van der Waals surface area contributed by atoms with E-state index in [9.17, 15) is 8.42 Å². The van der Waals surface area contributed by atoms with Crippen LogP contribution in [0, 0.1) is 0 Å². The summed E-state index contributed by atoms with van der Waals surface area (Å²) in [6.45, 7) is 10.1. The van der Waals surface area contributed by atoms with Gasteiger partial charge in [0.05, 0.1) is 18.9 Å². The van der Waals surface area contributed by atoms with Gasteiger partial charge in [0.2, 0.25) is 10.0 Å². The van der Waals surface area contributed by atoms with E-state index in [4.69, 9.17) is 4.74 Å².